The van der Waals surface area contributed by atoms with Crippen LogP contribution >= 0.6 is 0 Å². The molecule has 2 nitrogen and oxygen atoms in total. The molecule has 0 aromatic heterocycles. The molecule has 0 aliphatic carbocycles. The van der Waals surface area contributed by atoms with Gasteiger partial charge in [-0.25, -0.2) is 0 Å². The molecule has 1 saturated heterocycles. The molecule has 0 amide bonds. The van der Waals surface area contributed by atoms with Crippen LogP contribution < -0.4 is 5.32 Å². The number of nitrogens with one attached hydrogen (secondary N) is 1. The average Bonchev–Trinajstić information content (AvgIpc) is 2.40. The Morgan fingerprint density at radius 1 is 1.16 bits per heavy atom. The van der Waals surface area contributed by atoms with Gasteiger partial charge in [0, 0.05) is 19.8 Å². The summed E-state index contributed by atoms with van der Waals surface area (Å²) >= 11 is 0. The maximum atomic E-state index is 5.56. The second kappa shape index (κ2) is 7.06. The smallest absolute Gasteiger partial charge is 0.0471 e. The van der Waals surface area contributed by atoms with Crippen LogP contribution in [-0.2, 0) is 11.2 Å². The molecule has 19 heavy (non-hydrogen) atoms. The van der Waals surface area contributed by atoms with Crippen LogP contribution in [0.25, 0.3) is 0 Å². The highest BCUT2D eigenvalue weighted by Gasteiger charge is 2.32. The van der Waals surface area contributed by atoms with Gasteiger partial charge in [-0.1, -0.05) is 44.2 Å². The van der Waals surface area contributed by atoms with Crippen molar-refractivity contribution < 1.29 is 4.74 Å². The first-order chi connectivity index (χ1) is 9.20. The number of hydrogen-bond acceptors (Lipinski definition) is 2. The summed E-state index contributed by atoms with van der Waals surface area (Å²) in [5.41, 5.74) is 1.84. The van der Waals surface area contributed by atoms with Crippen molar-refractivity contribution in [3.8, 4) is 0 Å². The van der Waals surface area contributed by atoms with E-state index in [0.29, 0.717) is 11.3 Å². The molecule has 1 aromatic rings. The predicted octanol–water partition coefficient (Wildman–Crippen LogP) is 3.27. The van der Waals surface area contributed by atoms with E-state index in [1.165, 1.54) is 24.8 Å². The number of ether oxygens (including phenoxy) is 1. The lowest BCUT2D eigenvalue weighted by Gasteiger charge is -2.38. The van der Waals surface area contributed by atoms with E-state index in [-0.39, 0.29) is 0 Å². The monoisotopic (exact) mass is 261 g/mol. The van der Waals surface area contributed by atoms with Crippen molar-refractivity contribution in [1.82, 2.24) is 5.32 Å². The van der Waals surface area contributed by atoms with Crippen LogP contribution in [0.2, 0.25) is 0 Å². The molecular weight excluding hydrogens is 234 g/mol. The Hall–Kier alpha value is -0.860. The molecule has 0 bridgehead atoms. The highest BCUT2D eigenvalue weighted by Crippen LogP contribution is 2.33. The average molecular weight is 261 g/mol. The maximum absolute atomic E-state index is 5.56. The minimum Gasteiger partial charge on any atom is -0.381 e. The van der Waals surface area contributed by atoms with Gasteiger partial charge in [0.2, 0.25) is 0 Å². The Labute approximate surface area is 117 Å². The van der Waals surface area contributed by atoms with Crippen molar-refractivity contribution in [2.24, 2.45) is 11.3 Å². The lowest BCUT2D eigenvalue weighted by atomic mass is 9.75. The van der Waals surface area contributed by atoms with Gasteiger partial charge in [0.25, 0.3) is 0 Å². The predicted molar refractivity (Wildman–Crippen MR) is 80.3 cm³/mol. The summed E-state index contributed by atoms with van der Waals surface area (Å²) < 4.78 is 5.56. The molecule has 1 fully saturated rings. The van der Waals surface area contributed by atoms with E-state index in [2.05, 4.69) is 49.5 Å². The lowest BCUT2D eigenvalue weighted by Crippen LogP contribution is -2.41. The van der Waals surface area contributed by atoms with Gasteiger partial charge in [0.15, 0.2) is 0 Å². The van der Waals surface area contributed by atoms with Crippen LogP contribution in [0.5, 0.6) is 0 Å². The van der Waals surface area contributed by atoms with Crippen LogP contribution in [-0.4, -0.2) is 26.3 Å². The van der Waals surface area contributed by atoms with Crippen molar-refractivity contribution in [2.45, 2.75) is 33.1 Å². The fourth-order valence-electron chi connectivity index (χ4n) is 2.88. The topological polar surface area (TPSA) is 21.3 Å². The summed E-state index contributed by atoms with van der Waals surface area (Å²) in [7, 11) is 0. The molecule has 2 rings (SSSR count). The molecule has 2 heteroatoms. The Morgan fingerprint density at radius 2 is 1.84 bits per heavy atom. The van der Waals surface area contributed by atoms with E-state index >= 15 is 0 Å². The molecule has 1 aliphatic heterocycles. The minimum atomic E-state index is 0.383. The highest BCUT2D eigenvalue weighted by atomic mass is 16.5. The number of rotatable bonds is 6. The van der Waals surface area contributed by atoms with Gasteiger partial charge < -0.3 is 10.1 Å². The second-order valence-corrected chi connectivity index (χ2v) is 6.30. The first-order valence-corrected chi connectivity index (χ1v) is 7.53. The van der Waals surface area contributed by atoms with Gasteiger partial charge in [-0.15, -0.1) is 0 Å². The van der Waals surface area contributed by atoms with Gasteiger partial charge in [-0.2, -0.15) is 0 Å². The molecule has 1 aliphatic rings. The zero-order chi connectivity index (χ0) is 13.6. The maximum Gasteiger partial charge on any atom is 0.0471 e. The third-order valence-corrected chi connectivity index (χ3v) is 4.03. The van der Waals surface area contributed by atoms with Crippen molar-refractivity contribution >= 4 is 0 Å². The van der Waals surface area contributed by atoms with Gasteiger partial charge in [-0.05, 0) is 42.7 Å². The van der Waals surface area contributed by atoms with Crippen molar-refractivity contribution in [3.63, 3.8) is 0 Å². The summed E-state index contributed by atoms with van der Waals surface area (Å²) in [6.45, 7) is 8.58. The minimum absolute atomic E-state index is 0.383. The standard InChI is InChI=1S/C17H27NO/c1-15(2)13-18-14-17(8-10-19-11-9-17)12-16-6-4-3-5-7-16/h3-7,15,18H,8-14H2,1-2H3. The second-order valence-electron chi connectivity index (χ2n) is 6.30. The quantitative estimate of drug-likeness (QED) is 0.848. The summed E-state index contributed by atoms with van der Waals surface area (Å²) in [6, 6.07) is 10.9. The van der Waals surface area contributed by atoms with E-state index in [4.69, 9.17) is 4.74 Å². The zero-order valence-electron chi connectivity index (χ0n) is 12.3. The lowest BCUT2D eigenvalue weighted by molar-refractivity contribution is 0.0147. The molecule has 0 saturated carbocycles. The Bertz CT molecular complexity index is 355. The van der Waals surface area contributed by atoms with E-state index in [1.54, 1.807) is 0 Å². The summed E-state index contributed by atoms with van der Waals surface area (Å²) in [6.07, 6.45) is 3.52. The van der Waals surface area contributed by atoms with E-state index in [9.17, 15) is 0 Å². The molecule has 0 unspecified atom stereocenters. The van der Waals surface area contributed by atoms with Gasteiger partial charge >= 0.3 is 0 Å². The largest absolute Gasteiger partial charge is 0.381 e. The molecule has 1 N–H and O–H groups in total. The van der Waals surface area contributed by atoms with Crippen LogP contribution in [0.3, 0.4) is 0 Å². The van der Waals surface area contributed by atoms with Crippen LogP contribution in [0, 0.1) is 11.3 Å². The Kier molecular flexibility index (Phi) is 5.41. The molecule has 1 aromatic carbocycles. The fraction of sp³-hybridized carbons (Fsp3) is 0.647. The summed E-state index contributed by atoms with van der Waals surface area (Å²) in [5, 5.41) is 3.66. The van der Waals surface area contributed by atoms with Crippen LogP contribution in [0.15, 0.2) is 30.3 Å². The summed E-state index contributed by atoms with van der Waals surface area (Å²) in [4.78, 5) is 0. The third kappa shape index (κ3) is 4.63. The fourth-order valence-corrected chi connectivity index (χ4v) is 2.88. The highest BCUT2D eigenvalue weighted by molar-refractivity contribution is 5.17. The third-order valence-electron chi connectivity index (χ3n) is 4.03. The summed E-state index contributed by atoms with van der Waals surface area (Å²) in [5.74, 6) is 0.716. The van der Waals surface area contributed by atoms with Gasteiger partial charge in [0.05, 0.1) is 0 Å². The first kappa shape index (κ1) is 14.5. The number of hydrogen-bond donors (Lipinski definition) is 1. The van der Waals surface area contributed by atoms with Gasteiger partial charge in [-0.3, -0.25) is 0 Å². The Balaban J connectivity index is 1.97. The molecule has 1 heterocycles. The molecular formula is C17H27NO. The Morgan fingerprint density at radius 3 is 2.47 bits per heavy atom. The zero-order valence-corrected chi connectivity index (χ0v) is 12.3. The van der Waals surface area contributed by atoms with Crippen molar-refractivity contribution in [2.75, 3.05) is 26.3 Å². The van der Waals surface area contributed by atoms with Crippen molar-refractivity contribution in [3.05, 3.63) is 35.9 Å². The number of benzene rings is 1. The molecule has 0 radical (unpaired) electrons. The SMILES string of the molecule is CC(C)CNCC1(Cc2ccccc2)CCOCC1. The van der Waals surface area contributed by atoms with Crippen molar-refractivity contribution in [1.29, 1.82) is 0 Å². The van der Waals surface area contributed by atoms with E-state index in [1.807, 2.05) is 0 Å². The van der Waals surface area contributed by atoms with Crippen LogP contribution in [0.4, 0.5) is 0 Å². The van der Waals surface area contributed by atoms with E-state index < -0.39 is 0 Å². The molecule has 0 spiro atoms. The van der Waals surface area contributed by atoms with Crippen LogP contribution in [0.1, 0.15) is 32.3 Å². The normalized spacial score (nSPS) is 18.7. The molecule has 0 atom stereocenters. The molecule has 106 valence electrons. The first-order valence-electron chi connectivity index (χ1n) is 7.53. The van der Waals surface area contributed by atoms with Gasteiger partial charge in [0.1, 0.15) is 0 Å². The van der Waals surface area contributed by atoms with E-state index in [0.717, 1.165) is 26.3 Å².